The normalized spacial score (nSPS) is 11.3. The maximum Gasteiger partial charge on any atom is 0.245 e. The molecule has 0 spiro atoms. The van der Waals surface area contributed by atoms with Gasteiger partial charge in [0.2, 0.25) is 15.9 Å². The lowest BCUT2D eigenvalue weighted by Gasteiger charge is -2.22. The Hall–Kier alpha value is -2.25. The third kappa shape index (κ3) is 6.15. The number of nitrogens with zero attached hydrogens (tertiary/aromatic N) is 1. The van der Waals surface area contributed by atoms with E-state index in [2.05, 4.69) is 5.32 Å². The second-order valence-electron chi connectivity index (χ2n) is 6.44. The van der Waals surface area contributed by atoms with Crippen LogP contribution in [0.4, 0.5) is 11.4 Å². The van der Waals surface area contributed by atoms with E-state index < -0.39 is 15.9 Å². The number of rotatable bonds is 7. The van der Waals surface area contributed by atoms with Crippen LogP contribution in [0.1, 0.15) is 19.4 Å². The van der Waals surface area contributed by atoms with Crippen LogP contribution >= 0.6 is 11.6 Å². The highest BCUT2D eigenvalue weighted by Gasteiger charge is 2.21. The van der Waals surface area contributed by atoms with E-state index in [0.29, 0.717) is 22.1 Å². The minimum atomic E-state index is -3.65. The van der Waals surface area contributed by atoms with Crippen molar-refractivity contribution in [3.05, 3.63) is 53.1 Å². The van der Waals surface area contributed by atoms with E-state index in [0.717, 1.165) is 16.1 Å². The number of sulfonamides is 1. The molecule has 0 aliphatic rings. The Bertz CT molecular complexity index is 912. The summed E-state index contributed by atoms with van der Waals surface area (Å²) in [6.07, 6.45) is 1.07. The van der Waals surface area contributed by atoms with Gasteiger partial charge in [-0.3, -0.25) is 9.10 Å². The molecule has 0 atom stereocenters. The molecule has 0 heterocycles. The molecule has 0 radical (unpaired) electrons. The Balaban J connectivity index is 2.16. The Kier molecular flexibility index (Phi) is 6.73. The number of hydrogen-bond acceptors (Lipinski definition) is 4. The van der Waals surface area contributed by atoms with Crippen LogP contribution in [0.3, 0.4) is 0 Å². The Morgan fingerprint density at radius 3 is 2.33 bits per heavy atom. The minimum absolute atomic E-state index is 0.00831. The van der Waals surface area contributed by atoms with Gasteiger partial charge in [-0.05, 0) is 62.7 Å². The predicted molar refractivity (Wildman–Crippen MR) is 109 cm³/mol. The average Bonchev–Trinajstić information content (AvgIpc) is 2.55. The standard InChI is InChI=1S/C19H23ClN2O4S/c1-13(2)26-17-9-7-16(8-10-17)22(27(4,24)25)12-19(23)21-15-6-5-14(3)18(20)11-15/h5-11,13H,12H2,1-4H3,(H,21,23). The molecule has 1 amide bonds. The van der Waals surface area contributed by atoms with E-state index in [1.54, 1.807) is 42.5 Å². The zero-order valence-corrected chi connectivity index (χ0v) is 17.3. The molecule has 0 aromatic heterocycles. The van der Waals surface area contributed by atoms with E-state index >= 15 is 0 Å². The van der Waals surface area contributed by atoms with Gasteiger partial charge >= 0.3 is 0 Å². The molecule has 0 saturated carbocycles. The number of ether oxygens (including phenoxy) is 1. The largest absolute Gasteiger partial charge is 0.491 e. The van der Waals surface area contributed by atoms with E-state index in [9.17, 15) is 13.2 Å². The molecule has 146 valence electrons. The van der Waals surface area contributed by atoms with Crippen molar-refractivity contribution in [3.8, 4) is 5.75 Å². The Morgan fingerprint density at radius 1 is 1.19 bits per heavy atom. The lowest BCUT2D eigenvalue weighted by Crippen LogP contribution is -2.37. The summed E-state index contributed by atoms with van der Waals surface area (Å²) in [5, 5.41) is 3.19. The number of carbonyl (C=O) groups excluding carboxylic acids is 1. The van der Waals surface area contributed by atoms with Gasteiger partial charge in [-0.25, -0.2) is 8.42 Å². The quantitative estimate of drug-likeness (QED) is 0.752. The molecule has 2 aromatic rings. The summed E-state index contributed by atoms with van der Waals surface area (Å²) in [6.45, 7) is 5.30. The molecule has 0 saturated heterocycles. The maximum atomic E-state index is 12.4. The first-order valence-electron chi connectivity index (χ1n) is 8.36. The monoisotopic (exact) mass is 410 g/mol. The predicted octanol–water partition coefficient (Wildman–Crippen LogP) is 3.84. The van der Waals surface area contributed by atoms with Crippen LogP contribution in [-0.2, 0) is 14.8 Å². The molecular formula is C19H23ClN2O4S. The summed E-state index contributed by atoms with van der Waals surface area (Å²) >= 11 is 6.05. The van der Waals surface area contributed by atoms with Crippen molar-refractivity contribution in [2.24, 2.45) is 0 Å². The molecule has 27 heavy (non-hydrogen) atoms. The van der Waals surface area contributed by atoms with Crippen LogP contribution in [0.25, 0.3) is 0 Å². The van der Waals surface area contributed by atoms with Crippen molar-refractivity contribution in [1.29, 1.82) is 0 Å². The fourth-order valence-electron chi connectivity index (χ4n) is 2.36. The molecule has 1 N–H and O–H groups in total. The van der Waals surface area contributed by atoms with Gasteiger partial charge < -0.3 is 10.1 Å². The van der Waals surface area contributed by atoms with E-state index in [1.807, 2.05) is 20.8 Å². The van der Waals surface area contributed by atoms with Crippen molar-refractivity contribution >= 4 is 38.9 Å². The summed E-state index contributed by atoms with van der Waals surface area (Å²) in [4.78, 5) is 12.4. The molecule has 2 rings (SSSR count). The molecule has 8 heteroatoms. The minimum Gasteiger partial charge on any atom is -0.491 e. The Labute approximate surface area is 165 Å². The average molecular weight is 411 g/mol. The fourth-order valence-corrected chi connectivity index (χ4v) is 3.40. The number of nitrogens with one attached hydrogen (secondary N) is 1. The van der Waals surface area contributed by atoms with Crippen molar-refractivity contribution in [2.45, 2.75) is 26.9 Å². The first-order chi connectivity index (χ1) is 12.6. The number of benzene rings is 2. The number of hydrogen-bond donors (Lipinski definition) is 1. The maximum absolute atomic E-state index is 12.4. The fraction of sp³-hybridized carbons (Fsp3) is 0.316. The molecule has 2 aromatic carbocycles. The highest BCUT2D eigenvalue weighted by atomic mass is 35.5. The third-order valence-corrected chi connectivity index (χ3v) is 5.19. The van der Waals surface area contributed by atoms with E-state index in [4.69, 9.17) is 16.3 Å². The molecule has 0 aliphatic heterocycles. The first-order valence-corrected chi connectivity index (χ1v) is 10.6. The summed E-state index contributed by atoms with van der Waals surface area (Å²) in [5.74, 6) is 0.156. The van der Waals surface area contributed by atoms with Gasteiger partial charge in [-0.1, -0.05) is 17.7 Å². The number of amides is 1. The number of aryl methyl sites for hydroxylation is 1. The SMILES string of the molecule is Cc1ccc(NC(=O)CN(c2ccc(OC(C)C)cc2)S(C)(=O)=O)cc1Cl. The lowest BCUT2D eigenvalue weighted by atomic mass is 10.2. The smallest absolute Gasteiger partial charge is 0.245 e. The van der Waals surface area contributed by atoms with Crippen molar-refractivity contribution in [3.63, 3.8) is 0 Å². The van der Waals surface area contributed by atoms with Crippen molar-refractivity contribution in [2.75, 3.05) is 22.4 Å². The molecule has 0 fully saturated rings. The van der Waals surface area contributed by atoms with Crippen LogP contribution in [0, 0.1) is 6.92 Å². The van der Waals surface area contributed by atoms with Crippen LogP contribution in [0.15, 0.2) is 42.5 Å². The van der Waals surface area contributed by atoms with Crippen molar-refractivity contribution in [1.82, 2.24) is 0 Å². The lowest BCUT2D eigenvalue weighted by molar-refractivity contribution is -0.114. The van der Waals surface area contributed by atoms with Crippen LogP contribution in [0.5, 0.6) is 5.75 Å². The Morgan fingerprint density at radius 2 is 1.81 bits per heavy atom. The van der Waals surface area contributed by atoms with Gasteiger partial charge in [-0.2, -0.15) is 0 Å². The molecule has 0 aliphatic carbocycles. The number of halogens is 1. The zero-order valence-electron chi connectivity index (χ0n) is 15.7. The second kappa shape index (κ2) is 8.63. The molecular weight excluding hydrogens is 388 g/mol. The summed E-state index contributed by atoms with van der Waals surface area (Å²) < 4.78 is 30.9. The summed E-state index contributed by atoms with van der Waals surface area (Å²) in [5.41, 5.74) is 1.77. The summed E-state index contributed by atoms with van der Waals surface area (Å²) in [7, 11) is -3.65. The molecule has 6 nitrogen and oxygen atoms in total. The van der Waals surface area contributed by atoms with E-state index in [-0.39, 0.29) is 12.6 Å². The highest BCUT2D eigenvalue weighted by molar-refractivity contribution is 7.92. The number of carbonyl (C=O) groups is 1. The third-order valence-electron chi connectivity index (χ3n) is 3.64. The van der Waals surface area contributed by atoms with Crippen LogP contribution in [0.2, 0.25) is 5.02 Å². The zero-order chi connectivity index (χ0) is 20.2. The van der Waals surface area contributed by atoms with Gasteiger partial charge in [0.05, 0.1) is 18.0 Å². The second-order valence-corrected chi connectivity index (χ2v) is 8.76. The van der Waals surface area contributed by atoms with Gasteiger partial charge in [0.1, 0.15) is 12.3 Å². The van der Waals surface area contributed by atoms with Crippen LogP contribution < -0.4 is 14.4 Å². The van der Waals surface area contributed by atoms with Crippen molar-refractivity contribution < 1.29 is 17.9 Å². The van der Waals surface area contributed by atoms with Gasteiger partial charge in [0, 0.05) is 10.7 Å². The van der Waals surface area contributed by atoms with Gasteiger partial charge in [0.25, 0.3) is 0 Å². The summed E-state index contributed by atoms with van der Waals surface area (Å²) in [6, 6.07) is 11.7. The number of anilines is 2. The van der Waals surface area contributed by atoms with Gasteiger partial charge in [-0.15, -0.1) is 0 Å². The molecule has 0 unspecified atom stereocenters. The topological polar surface area (TPSA) is 75.7 Å². The first kappa shape index (κ1) is 21.1. The van der Waals surface area contributed by atoms with Gasteiger partial charge in [0.15, 0.2) is 0 Å². The molecule has 0 bridgehead atoms. The van der Waals surface area contributed by atoms with Crippen LogP contribution in [-0.4, -0.2) is 33.2 Å². The van der Waals surface area contributed by atoms with E-state index in [1.165, 1.54) is 0 Å². The highest BCUT2D eigenvalue weighted by Crippen LogP contribution is 2.23.